The molecule has 0 amide bonds. The van der Waals surface area contributed by atoms with Gasteiger partial charge in [-0.3, -0.25) is 11.3 Å². The van der Waals surface area contributed by atoms with Crippen molar-refractivity contribution in [1.82, 2.24) is 5.43 Å². The minimum atomic E-state index is -1.40. The number of carboxylic acid groups (broad SMARTS) is 1. The Bertz CT molecular complexity index is 93.8. The Hall–Kier alpha value is 0.986. The van der Waals surface area contributed by atoms with Gasteiger partial charge in [0.05, 0.1) is 0 Å². The van der Waals surface area contributed by atoms with Crippen molar-refractivity contribution in [3.8, 4) is 0 Å². The summed E-state index contributed by atoms with van der Waals surface area (Å²) in [6.45, 7) is -0.130. The quantitative estimate of drug-likeness (QED) is 0.188. The zero-order chi connectivity index (χ0) is 6.57. The number of aliphatic carboxylic acids is 1. The fraction of sp³-hybridized carbons (Fsp3) is 0.667. The van der Waals surface area contributed by atoms with E-state index in [9.17, 15) is 4.79 Å². The minimum absolute atomic E-state index is 0. The van der Waals surface area contributed by atoms with E-state index in [1.807, 2.05) is 5.43 Å². The normalized spacial score (nSPS) is 11.8. The van der Waals surface area contributed by atoms with Crippen LogP contribution in [0.1, 0.15) is 1.43 Å². The second-order valence-corrected chi connectivity index (χ2v) is 1.26. The van der Waals surface area contributed by atoms with E-state index in [2.05, 4.69) is 0 Å². The maximum atomic E-state index is 9.74. The Balaban J connectivity index is -0.000000245. The summed E-state index contributed by atoms with van der Waals surface area (Å²) in [6.07, 6.45) is -1.40. The van der Waals surface area contributed by atoms with Crippen molar-refractivity contribution in [2.75, 3.05) is 6.54 Å². The van der Waals surface area contributed by atoms with Gasteiger partial charge in [-0.2, -0.15) is 0 Å². The molecule has 0 saturated heterocycles. The van der Waals surface area contributed by atoms with E-state index in [1.54, 1.807) is 0 Å². The van der Waals surface area contributed by atoms with Crippen molar-refractivity contribution in [2.24, 2.45) is 5.84 Å². The number of carboxylic acids is 1. The Labute approximate surface area is 96.5 Å². The number of carbonyl (C=O) groups is 1. The van der Waals surface area contributed by atoms with E-state index >= 15 is 0 Å². The van der Waals surface area contributed by atoms with Gasteiger partial charge < -0.3 is 11.6 Å². The van der Waals surface area contributed by atoms with Crippen molar-refractivity contribution < 1.29 is 67.8 Å². The van der Waals surface area contributed by atoms with Gasteiger partial charge in [-0.15, -0.1) is 0 Å². The number of hydrazine groups is 1. The first-order chi connectivity index (χ1) is 3.68. The molecule has 0 aromatic rings. The molecule has 0 radical (unpaired) electrons. The van der Waals surface area contributed by atoms with Crippen molar-refractivity contribution in [2.45, 2.75) is 6.10 Å². The van der Waals surface area contributed by atoms with E-state index in [4.69, 9.17) is 16.1 Å². The first-order valence-electron chi connectivity index (χ1n) is 2.03. The maximum Gasteiger partial charge on any atom is 1.00 e. The maximum absolute atomic E-state index is 9.74. The van der Waals surface area contributed by atoms with Crippen molar-refractivity contribution in [3.05, 3.63) is 0 Å². The van der Waals surface area contributed by atoms with Crippen LogP contribution in [0.15, 0.2) is 0 Å². The van der Waals surface area contributed by atoms with Crippen LogP contribution in [0.25, 0.3) is 0 Å². The number of nitrogens with one attached hydrogen (secondary N) is 1. The van der Waals surface area contributed by atoms with Gasteiger partial charge in [0.1, 0.15) is 0 Å². The molecular formula is C3H9KN2O3. The molecule has 0 unspecified atom stereocenters. The average Bonchev–Trinajstić information content (AvgIpc) is 1.67. The molecule has 0 rings (SSSR count). The van der Waals surface area contributed by atoms with Gasteiger partial charge in [-0.25, -0.2) is 4.79 Å². The Morgan fingerprint density at radius 3 is 2.44 bits per heavy atom. The molecule has 0 saturated carbocycles. The van der Waals surface area contributed by atoms with Gasteiger partial charge in [0.25, 0.3) is 0 Å². The van der Waals surface area contributed by atoms with E-state index in [1.165, 1.54) is 0 Å². The van der Waals surface area contributed by atoms with Crippen molar-refractivity contribution >= 4 is 5.97 Å². The smallest absolute Gasteiger partial charge is 1.00 e. The molecule has 0 aromatic carbocycles. The van der Waals surface area contributed by atoms with Gasteiger partial charge in [0.15, 0.2) is 6.10 Å². The average molecular weight is 160 g/mol. The zero-order valence-electron chi connectivity index (χ0n) is 6.16. The number of rotatable bonds is 3. The molecule has 0 aliphatic heterocycles. The summed E-state index contributed by atoms with van der Waals surface area (Å²) in [6, 6.07) is 0. The standard InChI is InChI=1S/C3H8N2O3.K.H/c4-5-1-2(6)3(7)8;;/h2,5-6H,1,4H2,(H,7,8);;/q;+1;-1/t2-;;/m0../s1. The number of aliphatic hydroxyl groups excluding tert-OH is 1. The molecule has 0 heterocycles. The van der Waals surface area contributed by atoms with Crippen molar-refractivity contribution in [1.29, 1.82) is 0 Å². The monoisotopic (exact) mass is 160 g/mol. The van der Waals surface area contributed by atoms with Gasteiger partial charge in [-0.1, -0.05) is 0 Å². The topological polar surface area (TPSA) is 95.6 Å². The second kappa shape index (κ2) is 7.10. The first-order valence-corrected chi connectivity index (χ1v) is 2.03. The summed E-state index contributed by atoms with van der Waals surface area (Å²) in [5, 5.41) is 16.4. The Morgan fingerprint density at radius 1 is 1.89 bits per heavy atom. The van der Waals surface area contributed by atoms with E-state index in [0.29, 0.717) is 0 Å². The molecule has 5 N–H and O–H groups in total. The van der Waals surface area contributed by atoms with Crippen LogP contribution in [0.4, 0.5) is 0 Å². The number of nitrogens with two attached hydrogens (primary N) is 1. The molecule has 0 aromatic heterocycles. The molecule has 5 nitrogen and oxygen atoms in total. The summed E-state index contributed by atoms with van der Waals surface area (Å²) >= 11 is 0. The molecular weight excluding hydrogens is 151 g/mol. The molecule has 0 spiro atoms. The van der Waals surface area contributed by atoms with Crippen LogP contribution in [0.2, 0.25) is 0 Å². The Morgan fingerprint density at radius 2 is 2.33 bits per heavy atom. The fourth-order valence-corrected chi connectivity index (χ4v) is 0.199. The minimum Gasteiger partial charge on any atom is -1.00 e. The van der Waals surface area contributed by atoms with Crippen LogP contribution in [-0.4, -0.2) is 28.8 Å². The summed E-state index contributed by atoms with van der Waals surface area (Å²) in [5.74, 6) is 3.42. The molecule has 0 aliphatic rings. The largest absolute Gasteiger partial charge is 1.00 e. The van der Waals surface area contributed by atoms with Crippen LogP contribution < -0.4 is 62.7 Å². The SMILES string of the molecule is NNC[C@H](O)C(=O)O.[H-].[K+]. The number of aliphatic hydroxyl groups is 1. The second-order valence-electron chi connectivity index (χ2n) is 1.26. The summed E-state index contributed by atoms with van der Waals surface area (Å²) in [5.41, 5.74) is 2.02. The van der Waals surface area contributed by atoms with Gasteiger partial charge in [0.2, 0.25) is 0 Å². The molecule has 9 heavy (non-hydrogen) atoms. The zero-order valence-corrected chi connectivity index (χ0v) is 8.29. The molecule has 1 atom stereocenters. The molecule has 50 valence electrons. The van der Waals surface area contributed by atoms with Crippen LogP contribution in [-0.2, 0) is 4.79 Å². The predicted molar refractivity (Wildman–Crippen MR) is 26.9 cm³/mol. The number of hydrogen-bond acceptors (Lipinski definition) is 4. The van der Waals surface area contributed by atoms with Gasteiger partial charge in [0, 0.05) is 6.54 Å². The van der Waals surface area contributed by atoms with Gasteiger partial charge >= 0.3 is 57.4 Å². The molecule has 0 bridgehead atoms. The summed E-state index contributed by atoms with van der Waals surface area (Å²) in [4.78, 5) is 9.74. The molecule has 0 fully saturated rings. The molecule has 6 heteroatoms. The first kappa shape index (κ1) is 12.6. The third kappa shape index (κ3) is 6.88. The van der Waals surface area contributed by atoms with Gasteiger partial charge in [-0.05, 0) is 0 Å². The molecule has 0 aliphatic carbocycles. The third-order valence-corrected chi connectivity index (χ3v) is 0.596. The Kier molecular flexibility index (Phi) is 9.97. The number of hydrogen-bond donors (Lipinski definition) is 4. The van der Waals surface area contributed by atoms with Crippen molar-refractivity contribution in [3.63, 3.8) is 0 Å². The summed E-state index contributed by atoms with van der Waals surface area (Å²) < 4.78 is 0. The summed E-state index contributed by atoms with van der Waals surface area (Å²) in [7, 11) is 0. The van der Waals surface area contributed by atoms with Crippen LogP contribution in [0.3, 0.4) is 0 Å². The van der Waals surface area contributed by atoms with Crippen LogP contribution >= 0.6 is 0 Å². The van der Waals surface area contributed by atoms with E-state index < -0.39 is 12.1 Å². The fourth-order valence-electron chi connectivity index (χ4n) is 0.199. The van der Waals surface area contributed by atoms with Crippen LogP contribution in [0, 0.1) is 0 Å². The predicted octanol–water partition coefficient (Wildman–Crippen LogP) is -4.99. The third-order valence-electron chi connectivity index (χ3n) is 0.596. The van der Waals surface area contributed by atoms with E-state index in [-0.39, 0.29) is 59.4 Å². The van der Waals surface area contributed by atoms with E-state index in [0.717, 1.165) is 0 Å². The van der Waals surface area contributed by atoms with Crippen LogP contribution in [0.5, 0.6) is 0 Å².